The average Bonchev–Trinajstić information content (AvgIpc) is 2.37. The van der Waals surface area contributed by atoms with Gasteiger partial charge in [0.05, 0.1) is 5.69 Å². The second-order valence-electron chi connectivity index (χ2n) is 4.20. The lowest BCUT2D eigenvalue weighted by molar-refractivity contribution is -0.139. The number of carboxylic acid groups (broad SMARTS) is 1. The van der Waals surface area contributed by atoms with Crippen LogP contribution in [0.1, 0.15) is 13.3 Å². The van der Waals surface area contributed by atoms with E-state index in [-0.39, 0.29) is 12.1 Å². The van der Waals surface area contributed by atoms with Gasteiger partial charge in [-0.1, -0.05) is 18.2 Å². The van der Waals surface area contributed by atoms with Gasteiger partial charge in [0.2, 0.25) is 0 Å². The number of nitrogens with one attached hydrogen (secondary N) is 2. The first-order valence-electron chi connectivity index (χ1n) is 6.15. The topological polar surface area (TPSA) is 87.7 Å². The summed E-state index contributed by atoms with van der Waals surface area (Å²) >= 11 is 0. The Morgan fingerprint density at radius 2 is 2.15 bits per heavy atom. The Morgan fingerprint density at radius 1 is 1.45 bits per heavy atom. The molecule has 1 rings (SSSR count). The van der Waals surface area contributed by atoms with Crippen LogP contribution in [0.4, 0.5) is 10.5 Å². The van der Waals surface area contributed by atoms with Gasteiger partial charge in [-0.2, -0.15) is 0 Å². The van der Waals surface area contributed by atoms with Gasteiger partial charge in [-0.05, 0) is 25.5 Å². The van der Waals surface area contributed by atoms with Crippen LogP contribution in [-0.4, -0.2) is 29.8 Å². The molecule has 0 aliphatic carbocycles. The zero-order chi connectivity index (χ0) is 15.0. The number of amides is 2. The molecule has 0 radical (unpaired) electrons. The monoisotopic (exact) mass is 278 g/mol. The molecule has 6 heteroatoms. The Bertz CT molecular complexity index is 488. The SMILES string of the molecule is C=CCC(C)NC(=O)Nc1ccccc1OCC(=O)O. The van der Waals surface area contributed by atoms with Gasteiger partial charge in [0.1, 0.15) is 5.75 Å². The molecule has 20 heavy (non-hydrogen) atoms. The standard InChI is InChI=1S/C14H18N2O4/c1-3-6-10(2)15-14(19)16-11-7-4-5-8-12(11)20-9-13(17)18/h3-5,7-8,10H,1,6,9H2,2H3,(H,17,18)(H2,15,16,19). The van der Waals surface area contributed by atoms with E-state index in [1.165, 1.54) is 0 Å². The quantitative estimate of drug-likeness (QED) is 0.667. The van der Waals surface area contributed by atoms with Gasteiger partial charge in [0.25, 0.3) is 0 Å². The highest BCUT2D eigenvalue weighted by molar-refractivity contribution is 5.91. The fourth-order valence-electron chi connectivity index (χ4n) is 1.53. The van der Waals surface area contributed by atoms with Crippen molar-refractivity contribution in [1.82, 2.24) is 5.32 Å². The minimum Gasteiger partial charge on any atom is -0.480 e. The number of benzene rings is 1. The van der Waals surface area contributed by atoms with Gasteiger partial charge in [-0.15, -0.1) is 6.58 Å². The van der Waals surface area contributed by atoms with E-state index in [1.54, 1.807) is 30.3 Å². The number of ether oxygens (including phenoxy) is 1. The van der Waals surface area contributed by atoms with Crippen LogP contribution in [0.5, 0.6) is 5.75 Å². The first-order valence-corrected chi connectivity index (χ1v) is 6.15. The number of carboxylic acids is 1. The minimum atomic E-state index is -1.08. The zero-order valence-electron chi connectivity index (χ0n) is 11.3. The Labute approximate surface area is 117 Å². The van der Waals surface area contributed by atoms with Crippen LogP contribution in [0.25, 0.3) is 0 Å². The normalized spacial score (nSPS) is 11.2. The van der Waals surface area contributed by atoms with Crippen LogP contribution >= 0.6 is 0 Å². The van der Waals surface area contributed by atoms with Crippen molar-refractivity contribution in [2.45, 2.75) is 19.4 Å². The van der Waals surface area contributed by atoms with Gasteiger partial charge >= 0.3 is 12.0 Å². The maximum atomic E-state index is 11.8. The van der Waals surface area contributed by atoms with Gasteiger partial charge in [0.15, 0.2) is 6.61 Å². The highest BCUT2D eigenvalue weighted by Gasteiger charge is 2.10. The number of hydrogen-bond acceptors (Lipinski definition) is 3. The Hall–Kier alpha value is -2.50. The van der Waals surface area contributed by atoms with E-state index < -0.39 is 12.6 Å². The van der Waals surface area contributed by atoms with E-state index in [0.29, 0.717) is 17.9 Å². The van der Waals surface area contributed by atoms with Crippen molar-refractivity contribution in [2.75, 3.05) is 11.9 Å². The number of hydrogen-bond donors (Lipinski definition) is 3. The second kappa shape index (κ2) is 7.83. The van der Waals surface area contributed by atoms with Crippen molar-refractivity contribution in [3.05, 3.63) is 36.9 Å². The van der Waals surface area contributed by atoms with Crippen molar-refractivity contribution in [3.8, 4) is 5.75 Å². The predicted octanol–water partition coefficient (Wildman–Crippen LogP) is 2.24. The third-order valence-corrected chi connectivity index (χ3v) is 2.38. The summed E-state index contributed by atoms with van der Waals surface area (Å²) in [5.74, 6) is -0.773. The summed E-state index contributed by atoms with van der Waals surface area (Å²) in [6, 6.07) is 6.21. The predicted molar refractivity (Wildman–Crippen MR) is 76.0 cm³/mol. The molecule has 0 bridgehead atoms. The summed E-state index contributed by atoms with van der Waals surface area (Å²) in [7, 11) is 0. The number of aliphatic carboxylic acids is 1. The zero-order valence-corrected chi connectivity index (χ0v) is 11.3. The molecular formula is C14H18N2O4. The fourth-order valence-corrected chi connectivity index (χ4v) is 1.53. The number of rotatable bonds is 7. The molecule has 108 valence electrons. The molecule has 2 amide bonds. The third kappa shape index (κ3) is 5.43. The summed E-state index contributed by atoms with van der Waals surface area (Å²) in [5, 5.41) is 13.9. The molecule has 1 unspecified atom stereocenters. The van der Waals surface area contributed by atoms with Crippen LogP contribution in [-0.2, 0) is 4.79 Å². The van der Waals surface area contributed by atoms with E-state index in [0.717, 1.165) is 0 Å². The number of urea groups is 1. The summed E-state index contributed by atoms with van der Waals surface area (Å²) < 4.78 is 5.09. The molecule has 1 aromatic rings. The van der Waals surface area contributed by atoms with Crippen molar-refractivity contribution < 1.29 is 19.4 Å². The molecule has 0 aliphatic heterocycles. The minimum absolute atomic E-state index is 0.0420. The lowest BCUT2D eigenvalue weighted by atomic mass is 10.2. The van der Waals surface area contributed by atoms with Crippen molar-refractivity contribution in [2.24, 2.45) is 0 Å². The summed E-state index contributed by atoms with van der Waals surface area (Å²) in [6.45, 7) is 4.99. The van der Waals surface area contributed by atoms with Crippen LogP contribution in [0, 0.1) is 0 Å². The molecule has 0 fully saturated rings. The third-order valence-electron chi connectivity index (χ3n) is 2.38. The lowest BCUT2D eigenvalue weighted by Crippen LogP contribution is -2.35. The Morgan fingerprint density at radius 3 is 2.80 bits per heavy atom. The van der Waals surface area contributed by atoms with Crippen LogP contribution in [0.2, 0.25) is 0 Å². The highest BCUT2D eigenvalue weighted by atomic mass is 16.5. The number of para-hydroxylation sites is 2. The maximum Gasteiger partial charge on any atom is 0.341 e. The smallest absolute Gasteiger partial charge is 0.341 e. The number of carbonyl (C=O) groups is 2. The number of carbonyl (C=O) groups excluding carboxylic acids is 1. The van der Waals surface area contributed by atoms with Crippen LogP contribution in [0.3, 0.4) is 0 Å². The first-order chi connectivity index (χ1) is 9.52. The molecule has 6 nitrogen and oxygen atoms in total. The molecule has 0 aliphatic rings. The van der Waals surface area contributed by atoms with Gasteiger partial charge < -0.3 is 20.5 Å². The van der Waals surface area contributed by atoms with E-state index in [2.05, 4.69) is 17.2 Å². The molecule has 1 aromatic carbocycles. The van der Waals surface area contributed by atoms with Gasteiger partial charge in [-0.25, -0.2) is 9.59 Å². The molecule has 3 N–H and O–H groups in total. The lowest BCUT2D eigenvalue weighted by Gasteiger charge is -2.15. The summed E-state index contributed by atoms with van der Waals surface area (Å²) in [4.78, 5) is 22.2. The van der Waals surface area contributed by atoms with Crippen LogP contribution < -0.4 is 15.4 Å². The summed E-state index contributed by atoms with van der Waals surface area (Å²) in [6.07, 6.45) is 2.37. The Balaban J connectivity index is 2.64. The van der Waals surface area contributed by atoms with Crippen LogP contribution in [0.15, 0.2) is 36.9 Å². The molecule has 0 heterocycles. The van der Waals surface area contributed by atoms with Crippen molar-refractivity contribution in [3.63, 3.8) is 0 Å². The highest BCUT2D eigenvalue weighted by Crippen LogP contribution is 2.23. The maximum absolute atomic E-state index is 11.8. The average molecular weight is 278 g/mol. The molecule has 0 saturated heterocycles. The molecule has 0 saturated carbocycles. The first kappa shape index (κ1) is 15.6. The van der Waals surface area contributed by atoms with Gasteiger partial charge in [0, 0.05) is 6.04 Å². The molecular weight excluding hydrogens is 260 g/mol. The second-order valence-corrected chi connectivity index (χ2v) is 4.20. The van der Waals surface area contributed by atoms with E-state index >= 15 is 0 Å². The largest absolute Gasteiger partial charge is 0.480 e. The Kier molecular flexibility index (Phi) is 6.09. The molecule has 0 aromatic heterocycles. The van der Waals surface area contributed by atoms with E-state index in [9.17, 15) is 9.59 Å². The van der Waals surface area contributed by atoms with Crippen molar-refractivity contribution >= 4 is 17.7 Å². The van der Waals surface area contributed by atoms with E-state index in [4.69, 9.17) is 9.84 Å². The van der Waals surface area contributed by atoms with Crippen molar-refractivity contribution in [1.29, 1.82) is 0 Å². The summed E-state index contributed by atoms with van der Waals surface area (Å²) in [5.41, 5.74) is 0.414. The van der Waals surface area contributed by atoms with Gasteiger partial charge in [-0.3, -0.25) is 0 Å². The van der Waals surface area contributed by atoms with E-state index in [1.807, 2.05) is 6.92 Å². The molecule has 1 atom stereocenters. The molecule has 0 spiro atoms. The number of anilines is 1. The fraction of sp³-hybridized carbons (Fsp3) is 0.286.